The van der Waals surface area contributed by atoms with E-state index in [-0.39, 0.29) is 0 Å². The van der Waals surface area contributed by atoms with Gasteiger partial charge in [0.1, 0.15) is 6.29 Å². The first-order valence-electron chi connectivity index (χ1n) is 4.16. The molecular weight excluding hydrogens is 254 g/mol. The molecule has 0 aromatic heterocycles. The minimum absolute atomic E-state index is 0.314. The van der Waals surface area contributed by atoms with Crippen LogP contribution >= 0.6 is 34.8 Å². The van der Waals surface area contributed by atoms with Gasteiger partial charge < -0.3 is 0 Å². The van der Waals surface area contributed by atoms with E-state index in [1.54, 1.807) is 24.3 Å². The van der Waals surface area contributed by atoms with E-state index >= 15 is 0 Å². The zero-order chi connectivity index (χ0) is 11.0. The van der Waals surface area contributed by atoms with Crippen molar-refractivity contribution in [2.75, 3.05) is 0 Å². The van der Waals surface area contributed by atoms with Crippen molar-refractivity contribution in [3.63, 3.8) is 0 Å². The van der Waals surface area contributed by atoms with E-state index in [1.165, 1.54) is 0 Å². The summed E-state index contributed by atoms with van der Waals surface area (Å²) in [4.78, 5) is 10.6. The molecule has 0 atom stereocenters. The van der Waals surface area contributed by atoms with Crippen LogP contribution in [0.3, 0.4) is 0 Å². The number of hydrogen-bond acceptors (Lipinski definition) is 1. The van der Waals surface area contributed by atoms with Gasteiger partial charge in [-0.2, -0.15) is 0 Å². The SMILES string of the molecule is O=Cc1ccc2cc(Cl)c(Cl)c(Cl)c2c1. The zero-order valence-electron chi connectivity index (χ0n) is 7.43. The van der Waals surface area contributed by atoms with Crippen molar-refractivity contribution in [1.82, 2.24) is 0 Å². The van der Waals surface area contributed by atoms with Gasteiger partial charge in [-0.05, 0) is 17.5 Å². The maximum Gasteiger partial charge on any atom is 0.150 e. The van der Waals surface area contributed by atoms with E-state index in [0.717, 1.165) is 17.1 Å². The summed E-state index contributed by atoms with van der Waals surface area (Å²) >= 11 is 17.8. The van der Waals surface area contributed by atoms with Crippen molar-refractivity contribution in [2.45, 2.75) is 0 Å². The summed E-state index contributed by atoms with van der Waals surface area (Å²) in [5.41, 5.74) is 0.558. The molecule has 2 aromatic rings. The third-order valence-electron chi connectivity index (χ3n) is 2.13. The van der Waals surface area contributed by atoms with Crippen LogP contribution in [0.4, 0.5) is 0 Å². The molecule has 0 aliphatic heterocycles. The first kappa shape index (κ1) is 10.7. The molecule has 0 aliphatic rings. The molecule has 0 saturated carbocycles. The minimum Gasteiger partial charge on any atom is -0.298 e. The highest BCUT2D eigenvalue weighted by Crippen LogP contribution is 2.36. The third-order valence-corrected chi connectivity index (χ3v) is 3.41. The van der Waals surface area contributed by atoms with Gasteiger partial charge in [0.2, 0.25) is 0 Å². The van der Waals surface area contributed by atoms with Crippen molar-refractivity contribution in [3.05, 3.63) is 44.9 Å². The van der Waals surface area contributed by atoms with Crippen LogP contribution in [0.5, 0.6) is 0 Å². The Morgan fingerprint density at radius 3 is 2.40 bits per heavy atom. The number of halogens is 3. The molecule has 15 heavy (non-hydrogen) atoms. The molecule has 76 valence electrons. The summed E-state index contributed by atoms with van der Waals surface area (Å²) in [5.74, 6) is 0. The van der Waals surface area contributed by atoms with Gasteiger partial charge in [-0.25, -0.2) is 0 Å². The molecule has 4 heteroatoms. The standard InChI is InChI=1S/C11H5Cl3O/c12-9-4-7-2-1-6(5-15)3-8(7)10(13)11(9)14/h1-5H. The first-order valence-corrected chi connectivity index (χ1v) is 5.29. The quantitative estimate of drug-likeness (QED) is 0.540. The molecule has 0 radical (unpaired) electrons. The third kappa shape index (κ3) is 1.83. The van der Waals surface area contributed by atoms with Crippen LogP contribution in [0.2, 0.25) is 15.1 Å². The number of carbonyl (C=O) groups is 1. The maximum atomic E-state index is 10.6. The van der Waals surface area contributed by atoms with Crippen LogP contribution in [-0.4, -0.2) is 6.29 Å². The molecule has 0 N–H and O–H groups in total. The summed E-state index contributed by atoms with van der Waals surface area (Å²) in [6, 6.07) is 6.90. The molecule has 2 rings (SSSR count). The Morgan fingerprint density at radius 1 is 1.00 bits per heavy atom. The number of rotatable bonds is 1. The minimum atomic E-state index is 0.314. The molecule has 0 spiro atoms. The number of carbonyl (C=O) groups excluding carboxylic acids is 1. The van der Waals surface area contributed by atoms with E-state index in [2.05, 4.69) is 0 Å². The van der Waals surface area contributed by atoms with Gasteiger partial charge in [0.25, 0.3) is 0 Å². The lowest BCUT2D eigenvalue weighted by molar-refractivity contribution is 0.112. The summed E-state index contributed by atoms with van der Waals surface area (Å²) in [6.45, 7) is 0. The summed E-state index contributed by atoms with van der Waals surface area (Å²) in [5, 5.41) is 2.69. The monoisotopic (exact) mass is 258 g/mol. The fourth-order valence-electron chi connectivity index (χ4n) is 1.39. The largest absolute Gasteiger partial charge is 0.298 e. The van der Waals surface area contributed by atoms with Gasteiger partial charge in [0.05, 0.1) is 15.1 Å². The Kier molecular flexibility index (Phi) is 2.87. The van der Waals surface area contributed by atoms with Gasteiger partial charge in [-0.15, -0.1) is 0 Å². The number of benzene rings is 2. The maximum absolute atomic E-state index is 10.6. The Labute approximate surface area is 102 Å². The Balaban J connectivity index is 2.87. The molecule has 2 aromatic carbocycles. The molecule has 0 amide bonds. The summed E-state index contributed by atoms with van der Waals surface area (Å²) in [6.07, 6.45) is 0.762. The Bertz CT molecular complexity index is 549. The lowest BCUT2D eigenvalue weighted by Crippen LogP contribution is -1.82. The molecule has 0 aliphatic carbocycles. The topological polar surface area (TPSA) is 17.1 Å². The van der Waals surface area contributed by atoms with Crippen LogP contribution in [0.25, 0.3) is 10.8 Å². The smallest absolute Gasteiger partial charge is 0.150 e. The Hall–Kier alpha value is -0.760. The second-order valence-corrected chi connectivity index (χ2v) is 4.25. The van der Waals surface area contributed by atoms with Crippen molar-refractivity contribution in [2.24, 2.45) is 0 Å². The van der Waals surface area contributed by atoms with Crippen molar-refractivity contribution >= 4 is 51.9 Å². The molecule has 1 nitrogen and oxygen atoms in total. The molecule has 0 bridgehead atoms. The second-order valence-electron chi connectivity index (χ2n) is 3.08. The highest BCUT2D eigenvalue weighted by atomic mass is 35.5. The zero-order valence-corrected chi connectivity index (χ0v) is 9.70. The van der Waals surface area contributed by atoms with Gasteiger partial charge >= 0.3 is 0 Å². The van der Waals surface area contributed by atoms with Crippen LogP contribution in [-0.2, 0) is 0 Å². The second kappa shape index (κ2) is 4.01. The summed E-state index contributed by atoms with van der Waals surface area (Å²) in [7, 11) is 0. The average Bonchev–Trinajstić information content (AvgIpc) is 2.26. The highest BCUT2D eigenvalue weighted by molar-refractivity contribution is 6.50. The van der Waals surface area contributed by atoms with Crippen LogP contribution in [0.15, 0.2) is 24.3 Å². The average molecular weight is 260 g/mol. The van der Waals surface area contributed by atoms with Gasteiger partial charge in [0.15, 0.2) is 0 Å². The Morgan fingerprint density at radius 2 is 1.73 bits per heavy atom. The lowest BCUT2D eigenvalue weighted by atomic mass is 10.1. The first-order chi connectivity index (χ1) is 7.13. The molecule has 0 heterocycles. The van der Waals surface area contributed by atoms with E-state index in [9.17, 15) is 4.79 Å². The number of hydrogen-bond donors (Lipinski definition) is 0. The van der Waals surface area contributed by atoms with Gasteiger partial charge in [-0.3, -0.25) is 4.79 Å². The predicted octanol–water partition coefficient (Wildman–Crippen LogP) is 4.61. The highest BCUT2D eigenvalue weighted by Gasteiger charge is 2.08. The van der Waals surface area contributed by atoms with Crippen LogP contribution in [0.1, 0.15) is 10.4 Å². The van der Waals surface area contributed by atoms with Gasteiger partial charge in [0, 0.05) is 10.9 Å². The van der Waals surface area contributed by atoms with E-state index < -0.39 is 0 Å². The van der Waals surface area contributed by atoms with Crippen LogP contribution < -0.4 is 0 Å². The van der Waals surface area contributed by atoms with E-state index in [1.807, 2.05) is 0 Å². The van der Waals surface area contributed by atoms with Crippen molar-refractivity contribution < 1.29 is 4.79 Å². The van der Waals surface area contributed by atoms with Gasteiger partial charge in [-0.1, -0.05) is 46.9 Å². The molecular formula is C11H5Cl3O. The van der Waals surface area contributed by atoms with Crippen molar-refractivity contribution in [3.8, 4) is 0 Å². The number of aldehydes is 1. The summed E-state index contributed by atoms with van der Waals surface area (Å²) < 4.78 is 0. The van der Waals surface area contributed by atoms with E-state index in [0.29, 0.717) is 20.6 Å². The fraction of sp³-hybridized carbons (Fsp3) is 0. The van der Waals surface area contributed by atoms with Crippen molar-refractivity contribution in [1.29, 1.82) is 0 Å². The van der Waals surface area contributed by atoms with E-state index in [4.69, 9.17) is 34.8 Å². The lowest BCUT2D eigenvalue weighted by Gasteiger charge is -2.05. The molecule has 0 fully saturated rings. The molecule has 0 unspecified atom stereocenters. The normalized spacial score (nSPS) is 10.6. The fourth-order valence-corrected chi connectivity index (χ4v) is 2.07. The molecule has 0 saturated heterocycles. The number of fused-ring (bicyclic) bond motifs is 1. The predicted molar refractivity (Wildman–Crippen MR) is 64.4 cm³/mol. The van der Waals surface area contributed by atoms with Crippen LogP contribution in [0, 0.1) is 0 Å².